The first-order chi connectivity index (χ1) is 6.29. The Bertz CT molecular complexity index is 158. The van der Waals surface area contributed by atoms with Crippen molar-refractivity contribution in [1.82, 2.24) is 0 Å². The van der Waals surface area contributed by atoms with E-state index in [1.54, 1.807) is 0 Å². The number of ether oxygens (including phenoxy) is 3. The number of fused-ring (bicyclic) bond motifs is 1. The molecule has 0 radical (unpaired) electrons. The van der Waals surface area contributed by atoms with E-state index in [1.165, 1.54) is 0 Å². The van der Waals surface area contributed by atoms with Crippen molar-refractivity contribution < 1.29 is 19.3 Å². The molecule has 0 amide bonds. The summed E-state index contributed by atoms with van der Waals surface area (Å²) in [4.78, 5) is 0. The summed E-state index contributed by atoms with van der Waals surface area (Å²) in [6.07, 6.45) is 1.70. The Morgan fingerprint density at radius 2 is 2.38 bits per heavy atom. The number of aliphatic hydroxyl groups is 1. The molecule has 1 N–H and O–H groups in total. The predicted octanol–water partition coefficient (Wildman–Crippen LogP) is 0.635. The van der Waals surface area contributed by atoms with Crippen molar-refractivity contribution in [3.8, 4) is 0 Å². The van der Waals surface area contributed by atoms with Gasteiger partial charge in [-0.3, -0.25) is 0 Å². The van der Waals surface area contributed by atoms with Crippen LogP contribution in [0.25, 0.3) is 0 Å². The molecule has 4 nitrogen and oxygen atoms in total. The molecule has 2 saturated heterocycles. The number of hydrogen-bond acceptors (Lipinski definition) is 4. The molecule has 4 atom stereocenters. The average Bonchev–Trinajstić information content (AvgIpc) is 2.63. The van der Waals surface area contributed by atoms with E-state index in [2.05, 4.69) is 0 Å². The van der Waals surface area contributed by atoms with Crippen molar-refractivity contribution in [2.75, 3.05) is 6.61 Å². The van der Waals surface area contributed by atoms with Crippen molar-refractivity contribution >= 4 is 0 Å². The summed E-state index contributed by atoms with van der Waals surface area (Å²) in [5.74, 6) is 0. The topological polar surface area (TPSA) is 47.9 Å². The lowest BCUT2D eigenvalue weighted by Gasteiger charge is -2.16. The Labute approximate surface area is 77.8 Å². The highest BCUT2D eigenvalue weighted by atomic mass is 16.7. The van der Waals surface area contributed by atoms with Gasteiger partial charge in [-0.15, -0.1) is 0 Å². The first-order valence-corrected chi connectivity index (χ1v) is 4.90. The lowest BCUT2D eigenvalue weighted by Crippen LogP contribution is -2.21. The molecule has 2 heterocycles. The van der Waals surface area contributed by atoms with Crippen LogP contribution in [-0.4, -0.2) is 36.5 Å². The van der Waals surface area contributed by atoms with Gasteiger partial charge < -0.3 is 19.3 Å². The van der Waals surface area contributed by atoms with Gasteiger partial charge in [-0.1, -0.05) is 6.92 Å². The Balaban J connectivity index is 1.78. The summed E-state index contributed by atoms with van der Waals surface area (Å²) < 4.78 is 16.2. The summed E-state index contributed by atoms with van der Waals surface area (Å²) in [7, 11) is 0. The second kappa shape index (κ2) is 3.92. The molecule has 0 aliphatic carbocycles. The Morgan fingerprint density at radius 3 is 3.08 bits per heavy atom. The third-order valence-electron chi connectivity index (χ3n) is 2.56. The van der Waals surface area contributed by atoms with Gasteiger partial charge in [0.15, 0.2) is 12.6 Å². The fourth-order valence-electron chi connectivity index (χ4n) is 1.80. The van der Waals surface area contributed by atoms with Crippen molar-refractivity contribution in [1.29, 1.82) is 0 Å². The van der Waals surface area contributed by atoms with Gasteiger partial charge in [0.1, 0.15) is 0 Å². The Hall–Kier alpha value is -0.160. The molecule has 2 aliphatic rings. The van der Waals surface area contributed by atoms with Gasteiger partial charge in [0.25, 0.3) is 0 Å². The zero-order chi connectivity index (χ0) is 9.26. The highest BCUT2D eigenvalue weighted by Gasteiger charge is 2.40. The fourth-order valence-corrected chi connectivity index (χ4v) is 1.80. The van der Waals surface area contributed by atoms with E-state index in [9.17, 15) is 5.11 Å². The molecular weight excluding hydrogens is 172 g/mol. The monoisotopic (exact) mass is 188 g/mol. The second-order valence-electron chi connectivity index (χ2n) is 3.54. The zero-order valence-electron chi connectivity index (χ0n) is 7.81. The first-order valence-electron chi connectivity index (χ1n) is 4.90. The van der Waals surface area contributed by atoms with Crippen LogP contribution in [0.1, 0.15) is 26.2 Å². The van der Waals surface area contributed by atoms with E-state index in [1.807, 2.05) is 6.92 Å². The molecule has 76 valence electrons. The second-order valence-corrected chi connectivity index (χ2v) is 3.54. The number of aliphatic hydroxyl groups excluding tert-OH is 1. The van der Waals surface area contributed by atoms with Gasteiger partial charge in [0.2, 0.25) is 0 Å². The van der Waals surface area contributed by atoms with Crippen molar-refractivity contribution in [3.05, 3.63) is 0 Å². The highest BCUT2D eigenvalue weighted by molar-refractivity contribution is 4.84. The van der Waals surface area contributed by atoms with E-state index >= 15 is 0 Å². The van der Waals surface area contributed by atoms with Crippen LogP contribution in [0, 0.1) is 0 Å². The number of rotatable bonds is 3. The first kappa shape index (κ1) is 9.40. The molecular formula is C9H16O4. The van der Waals surface area contributed by atoms with E-state index < -0.39 is 6.29 Å². The molecule has 4 unspecified atom stereocenters. The molecule has 13 heavy (non-hydrogen) atoms. The smallest absolute Gasteiger partial charge is 0.163 e. The van der Waals surface area contributed by atoms with Gasteiger partial charge in [-0.2, -0.15) is 0 Å². The van der Waals surface area contributed by atoms with Crippen LogP contribution in [0.4, 0.5) is 0 Å². The molecule has 0 spiro atoms. The standard InChI is InChI=1S/C9H16O4/c1-2-8(10)13-9-5-7-6(12-9)3-4-11-7/h6-10H,2-5H2,1H3. The maximum Gasteiger partial charge on any atom is 0.163 e. The van der Waals surface area contributed by atoms with E-state index in [4.69, 9.17) is 14.2 Å². The normalized spacial score (nSPS) is 40.6. The van der Waals surface area contributed by atoms with E-state index in [-0.39, 0.29) is 18.5 Å². The quantitative estimate of drug-likeness (QED) is 0.660. The van der Waals surface area contributed by atoms with Crippen molar-refractivity contribution in [2.24, 2.45) is 0 Å². The van der Waals surface area contributed by atoms with E-state index in [0.717, 1.165) is 19.4 Å². The van der Waals surface area contributed by atoms with Crippen LogP contribution in [0.3, 0.4) is 0 Å². The number of hydrogen-bond donors (Lipinski definition) is 1. The summed E-state index contributed by atoms with van der Waals surface area (Å²) >= 11 is 0. The predicted molar refractivity (Wildman–Crippen MR) is 45.0 cm³/mol. The maximum atomic E-state index is 9.24. The largest absolute Gasteiger partial charge is 0.375 e. The minimum absolute atomic E-state index is 0.189. The van der Waals surface area contributed by atoms with Crippen LogP contribution >= 0.6 is 0 Å². The molecule has 0 bridgehead atoms. The highest BCUT2D eigenvalue weighted by Crippen LogP contribution is 2.31. The summed E-state index contributed by atoms with van der Waals surface area (Å²) in [5.41, 5.74) is 0. The lowest BCUT2D eigenvalue weighted by atomic mass is 10.2. The Kier molecular flexibility index (Phi) is 2.83. The molecule has 0 saturated carbocycles. The molecule has 2 aliphatic heterocycles. The lowest BCUT2D eigenvalue weighted by molar-refractivity contribution is -0.221. The third-order valence-corrected chi connectivity index (χ3v) is 2.56. The molecule has 0 aromatic heterocycles. The van der Waals surface area contributed by atoms with Gasteiger partial charge in [-0.05, 0) is 12.8 Å². The third kappa shape index (κ3) is 2.02. The Morgan fingerprint density at radius 1 is 1.54 bits per heavy atom. The van der Waals surface area contributed by atoms with Crippen molar-refractivity contribution in [2.45, 2.75) is 51.0 Å². The molecule has 2 rings (SSSR count). The van der Waals surface area contributed by atoms with Crippen LogP contribution in [0.5, 0.6) is 0 Å². The van der Waals surface area contributed by atoms with Crippen LogP contribution < -0.4 is 0 Å². The van der Waals surface area contributed by atoms with E-state index in [0.29, 0.717) is 6.42 Å². The van der Waals surface area contributed by atoms with Crippen molar-refractivity contribution in [3.63, 3.8) is 0 Å². The minimum Gasteiger partial charge on any atom is -0.375 e. The molecule has 0 aromatic rings. The van der Waals surface area contributed by atoms with Gasteiger partial charge >= 0.3 is 0 Å². The molecule has 0 aromatic carbocycles. The van der Waals surface area contributed by atoms with Gasteiger partial charge in [0.05, 0.1) is 12.2 Å². The summed E-state index contributed by atoms with van der Waals surface area (Å²) in [6.45, 7) is 2.66. The van der Waals surface area contributed by atoms with Gasteiger partial charge in [0, 0.05) is 13.0 Å². The van der Waals surface area contributed by atoms with Crippen LogP contribution in [0.15, 0.2) is 0 Å². The zero-order valence-corrected chi connectivity index (χ0v) is 7.81. The average molecular weight is 188 g/mol. The molecule has 4 heteroatoms. The fraction of sp³-hybridized carbons (Fsp3) is 1.00. The summed E-state index contributed by atoms with van der Waals surface area (Å²) in [6, 6.07) is 0. The van der Waals surface area contributed by atoms with Crippen LogP contribution in [0.2, 0.25) is 0 Å². The van der Waals surface area contributed by atoms with Crippen LogP contribution in [-0.2, 0) is 14.2 Å². The minimum atomic E-state index is -0.705. The SMILES string of the molecule is CCC(O)OC1CC2OCCC2O1. The molecule has 2 fully saturated rings. The summed E-state index contributed by atoms with van der Waals surface area (Å²) in [5, 5.41) is 9.24. The maximum absolute atomic E-state index is 9.24. The van der Waals surface area contributed by atoms with Gasteiger partial charge in [-0.25, -0.2) is 0 Å².